The van der Waals surface area contributed by atoms with Crippen LogP contribution in [0.3, 0.4) is 0 Å². The smallest absolute Gasteiger partial charge is 0.137 e. The van der Waals surface area contributed by atoms with Gasteiger partial charge in [0.05, 0.1) is 5.69 Å². The van der Waals surface area contributed by atoms with Crippen molar-refractivity contribution in [2.24, 2.45) is 0 Å². The molecule has 0 unspecified atom stereocenters. The summed E-state index contributed by atoms with van der Waals surface area (Å²) in [7, 11) is 0. The average molecular weight is 236 g/mol. The third-order valence-electron chi connectivity index (χ3n) is 3.44. The molecular weight excluding hydrogens is 224 g/mol. The lowest BCUT2D eigenvalue weighted by molar-refractivity contribution is 0.757. The summed E-state index contributed by atoms with van der Waals surface area (Å²) in [6, 6.07) is 6.33. The van der Waals surface area contributed by atoms with Crippen molar-refractivity contribution in [3.8, 4) is 11.1 Å². The van der Waals surface area contributed by atoms with E-state index in [-0.39, 0.29) is 0 Å². The molecule has 0 saturated carbocycles. The Morgan fingerprint density at radius 3 is 3.11 bits per heavy atom. The van der Waals surface area contributed by atoms with Crippen LogP contribution in [-0.4, -0.2) is 15.0 Å². The Kier molecular flexibility index (Phi) is 1.98. The Hall–Kier alpha value is -2.20. The molecule has 0 bridgehead atoms. The fraction of sp³-hybridized carbons (Fsp3) is 0.143. The molecular formula is C14H12N4. The standard InChI is InChI=1S/C14H12N4/c1-3-16-14-12(2-4-17-14)11(1)9-5-10-6-15-8-13(10)18-7-9/h1-5,7,15H,6,8H2,(H,16,17). The molecule has 2 N–H and O–H groups in total. The van der Waals surface area contributed by atoms with Crippen molar-refractivity contribution in [1.29, 1.82) is 0 Å². The zero-order valence-electron chi connectivity index (χ0n) is 9.77. The van der Waals surface area contributed by atoms with Crippen molar-refractivity contribution in [3.05, 3.63) is 48.0 Å². The molecule has 3 aromatic rings. The van der Waals surface area contributed by atoms with Gasteiger partial charge in [-0.25, -0.2) is 4.98 Å². The van der Waals surface area contributed by atoms with E-state index < -0.39 is 0 Å². The highest BCUT2D eigenvalue weighted by Gasteiger charge is 2.13. The van der Waals surface area contributed by atoms with Gasteiger partial charge in [-0.1, -0.05) is 0 Å². The third-order valence-corrected chi connectivity index (χ3v) is 3.44. The third kappa shape index (κ3) is 1.36. The average Bonchev–Trinajstić information content (AvgIpc) is 3.05. The molecule has 4 rings (SSSR count). The van der Waals surface area contributed by atoms with Gasteiger partial charge in [-0.05, 0) is 29.3 Å². The van der Waals surface area contributed by atoms with Crippen LogP contribution in [-0.2, 0) is 13.1 Å². The number of pyridine rings is 2. The van der Waals surface area contributed by atoms with Crippen LogP contribution in [0.5, 0.6) is 0 Å². The predicted molar refractivity (Wildman–Crippen MR) is 69.9 cm³/mol. The molecule has 0 saturated heterocycles. The Morgan fingerprint density at radius 2 is 2.11 bits per heavy atom. The summed E-state index contributed by atoms with van der Waals surface area (Å²) >= 11 is 0. The maximum atomic E-state index is 4.53. The van der Waals surface area contributed by atoms with E-state index in [2.05, 4.69) is 32.4 Å². The fourth-order valence-corrected chi connectivity index (χ4v) is 2.53. The predicted octanol–water partition coefficient (Wildman–Crippen LogP) is 2.23. The minimum Gasteiger partial charge on any atom is -0.346 e. The summed E-state index contributed by atoms with van der Waals surface area (Å²) in [6.07, 6.45) is 5.71. The lowest BCUT2D eigenvalue weighted by atomic mass is 10.0. The highest BCUT2D eigenvalue weighted by atomic mass is 14.9. The van der Waals surface area contributed by atoms with Crippen molar-refractivity contribution < 1.29 is 0 Å². The van der Waals surface area contributed by atoms with E-state index >= 15 is 0 Å². The largest absolute Gasteiger partial charge is 0.346 e. The number of aromatic nitrogens is 3. The van der Waals surface area contributed by atoms with Crippen LogP contribution < -0.4 is 5.32 Å². The van der Waals surface area contributed by atoms with Crippen molar-refractivity contribution in [3.63, 3.8) is 0 Å². The van der Waals surface area contributed by atoms with Gasteiger partial charge >= 0.3 is 0 Å². The molecule has 0 spiro atoms. The SMILES string of the molecule is c1cc(-c2cnc3c(c2)CNC3)c2cc[nH]c2n1. The minimum absolute atomic E-state index is 0.880. The number of nitrogens with zero attached hydrogens (tertiary/aromatic N) is 2. The quantitative estimate of drug-likeness (QED) is 0.681. The molecule has 3 aromatic heterocycles. The van der Waals surface area contributed by atoms with Gasteiger partial charge in [0.15, 0.2) is 0 Å². The van der Waals surface area contributed by atoms with Crippen LogP contribution in [0.25, 0.3) is 22.2 Å². The van der Waals surface area contributed by atoms with Gasteiger partial charge < -0.3 is 10.3 Å². The highest BCUT2D eigenvalue weighted by molar-refractivity contribution is 5.92. The Labute approximate surface area is 104 Å². The van der Waals surface area contributed by atoms with E-state index in [1.165, 1.54) is 11.1 Å². The van der Waals surface area contributed by atoms with Gasteiger partial charge in [0, 0.05) is 42.6 Å². The number of rotatable bonds is 1. The van der Waals surface area contributed by atoms with Crippen molar-refractivity contribution in [1.82, 2.24) is 20.3 Å². The molecule has 0 fully saturated rings. The number of nitrogens with one attached hydrogen (secondary N) is 2. The van der Waals surface area contributed by atoms with E-state index in [0.717, 1.165) is 35.4 Å². The molecule has 0 atom stereocenters. The summed E-state index contributed by atoms with van der Waals surface area (Å²) in [5.74, 6) is 0. The second-order valence-corrected chi connectivity index (χ2v) is 4.53. The fourth-order valence-electron chi connectivity index (χ4n) is 2.53. The molecule has 18 heavy (non-hydrogen) atoms. The maximum Gasteiger partial charge on any atom is 0.137 e. The van der Waals surface area contributed by atoms with Crippen LogP contribution in [0.4, 0.5) is 0 Å². The summed E-state index contributed by atoms with van der Waals surface area (Å²) in [6.45, 7) is 1.79. The van der Waals surface area contributed by atoms with E-state index in [0.29, 0.717) is 0 Å². The van der Waals surface area contributed by atoms with Crippen LogP contribution in [0.2, 0.25) is 0 Å². The van der Waals surface area contributed by atoms with Gasteiger partial charge in [0.25, 0.3) is 0 Å². The Balaban J connectivity index is 1.94. The zero-order chi connectivity index (χ0) is 11.9. The first-order valence-corrected chi connectivity index (χ1v) is 6.03. The van der Waals surface area contributed by atoms with Gasteiger partial charge in [0.1, 0.15) is 5.65 Å². The van der Waals surface area contributed by atoms with Crippen LogP contribution >= 0.6 is 0 Å². The van der Waals surface area contributed by atoms with E-state index in [4.69, 9.17) is 0 Å². The molecule has 1 aliphatic heterocycles. The molecule has 4 heterocycles. The van der Waals surface area contributed by atoms with Crippen molar-refractivity contribution >= 4 is 11.0 Å². The molecule has 0 amide bonds. The minimum atomic E-state index is 0.880. The normalized spacial score (nSPS) is 14.0. The number of hydrogen-bond acceptors (Lipinski definition) is 3. The number of H-pyrrole nitrogens is 1. The van der Waals surface area contributed by atoms with Gasteiger partial charge in [-0.3, -0.25) is 4.98 Å². The Bertz CT molecular complexity index is 729. The molecule has 1 aliphatic rings. The summed E-state index contributed by atoms with van der Waals surface area (Å²) < 4.78 is 0. The lowest BCUT2D eigenvalue weighted by Gasteiger charge is -2.05. The lowest BCUT2D eigenvalue weighted by Crippen LogP contribution is -2.00. The van der Waals surface area contributed by atoms with E-state index in [1.807, 2.05) is 24.7 Å². The van der Waals surface area contributed by atoms with E-state index in [1.54, 1.807) is 0 Å². The summed E-state index contributed by atoms with van der Waals surface area (Å²) in [4.78, 5) is 12.0. The second-order valence-electron chi connectivity index (χ2n) is 4.53. The van der Waals surface area contributed by atoms with E-state index in [9.17, 15) is 0 Å². The number of aromatic amines is 1. The van der Waals surface area contributed by atoms with Crippen molar-refractivity contribution in [2.75, 3.05) is 0 Å². The molecule has 88 valence electrons. The number of hydrogen-bond donors (Lipinski definition) is 2. The first-order chi connectivity index (χ1) is 8.92. The summed E-state index contributed by atoms with van der Waals surface area (Å²) in [5, 5.41) is 4.46. The van der Waals surface area contributed by atoms with Gasteiger partial charge in [-0.15, -0.1) is 0 Å². The highest BCUT2D eigenvalue weighted by Crippen LogP contribution is 2.28. The number of fused-ring (bicyclic) bond motifs is 2. The first kappa shape index (κ1) is 9.79. The van der Waals surface area contributed by atoms with Gasteiger partial charge in [-0.2, -0.15) is 0 Å². The summed E-state index contributed by atoms with van der Waals surface area (Å²) in [5.41, 5.74) is 5.73. The zero-order valence-corrected chi connectivity index (χ0v) is 9.77. The van der Waals surface area contributed by atoms with Crippen LogP contribution in [0.15, 0.2) is 36.8 Å². The van der Waals surface area contributed by atoms with Crippen molar-refractivity contribution in [2.45, 2.75) is 13.1 Å². The topological polar surface area (TPSA) is 53.6 Å². The van der Waals surface area contributed by atoms with Crippen LogP contribution in [0, 0.1) is 0 Å². The molecule has 0 radical (unpaired) electrons. The van der Waals surface area contributed by atoms with Gasteiger partial charge in [0.2, 0.25) is 0 Å². The van der Waals surface area contributed by atoms with Crippen LogP contribution in [0.1, 0.15) is 11.3 Å². The molecule has 4 nitrogen and oxygen atoms in total. The first-order valence-electron chi connectivity index (χ1n) is 6.03. The Morgan fingerprint density at radius 1 is 1.11 bits per heavy atom. The molecule has 0 aliphatic carbocycles. The monoisotopic (exact) mass is 236 g/mol. The maximum absolute atomic E-state index is 4.53. The second kappa shape index (κ2) is 3.65. The molecule has 4 heteroatoms. The molecule has 0 aromatic carbocycles.